The SMILES string of the molecule is COc1ccc2[nH]cc(-c3nn4cc(-c5cccnc5)nc4s3)c2c1. The third kappa shape index (κ3) is 2.28. The van der Waals surface area contributed by atoms with Gasteiger partial charge in [0.15, 0.2) is 0 Å². The van der Waals surface area contributed by atoms with Gasteiger partial charge in [-0.15, -0.1) is 0 Å². The molecule has 0 saturated heterocycles. The maximum Gasteiger partial charge on any atom is 0.213 e. The van der Waals surface area contributed by atoms with E-state index in [2.05, 4.69) is 15.0 Å². The van der Waals surface area contributed by atoms with Crippen molar-refractivity contribution < 1.29 is 4.74 Å². The standard InChI is InChI=1S/C18H13N5OS/c1-24-12-4-5-15-13(7-12)14(9-20-15)17-22-23-10-16(21-18(23)25-17)11-3-2-6-19-8-11/h2-10,20H,1H3. The van der Waals surface area contributed by atoms with Gasteiger partial charge in [0.1, 0.15) is 10.8 Å². The molecule has 1 N–H and O–H groups in total. The number of imidazole rings is 1. The summed E-state index contributed by atoms with van der Waals surface area (Å²) in [5.41, 5.74) is 3.96. The van der Waals surface area contributed by atoms with Crippen LogP contribution in [0.5, 0.6) is 5.75 Å². The second-order valence-electron chi connectivity index (χ2n) is 5.62. The molecule has 5 rings (SSSR count). The highest BCUT2D eigenvalue weighted by molar-refractivity contribution is 7.20. The van der Waals surface area contributed by atoms with Crippen LogP contribution >= 0.6 is 11.3 Å². The number of rotatable bonds is 3. The van der Waals surface area contributed by atoms with Crippen molar-refractivity contribution in [3.05, 3.63) is 55.1 Å². The first-order valence-electron chi connectivity index (χ1n) is 7.74. The van der Waals surface area contributed by atoms with Crippen LogP contribution in [-0.4, -0.2) is 31.7 Å². The number of hydrogen-bond donors (Lipinski definition) is 1. The molecule has 0 amide bonds. The molecule has 1 aromatic carbocycles. The van der Waals surface area contributed by atoms with Gasteiger partial charge < -0.3 is 9.72 Å². The van der Waals surface area contributed by atoms with E-state index < -0.39 is 0 Å². The number of methoxy groups -OCH3 is 1. The number of H-pyrrole nitrogens is 1. The van der Waals surface area contributed by atoms with Crippen molar-refractivity contribution in [1.82, 2.24) is 24.6 Å². The Hall–Kier alpha value is -3.19. The zero-order valence-electron chi connectivity index (χ0n) is 13.3. The predicted octanol–water partition coefficient (Wildman–Crippen LogP) is 4.01. The normalized spacial score (nSPS) is 11.4. The van der Waals surface area contributed by atoms with Crippen molar-refractivity contribution >= 4 is 27.2 Å². The summed E-state index contributed by atoms with van der Waals surface area (Å²) in [5.74, 6) is 0.827. The van der Waals surface area contributed by atoms with Crippen molar-refractivity contribution in [2.24, 2.45) is 0 Å². The minimum atomic E-state index is 0.827. The molecule has 7 heteroatoms. The van der Waals surface area contributed by atoms with E-state index in [1.807, 2.05) is 47.2 Å². The Morgan fingerprint density at radius 2 is 2.20 bits per heavy atom. The van der Waals surface area contributed by atoms with Crippen LogP contribution in [0.2, 0.25) is 0 Å². The van der Waals surface area contributed by atoms with E-state index in [-0.39, 0.29) is 0 Å². The van der Waals surface area contributed by atoms with E-state index >= 15 is 0 Å². The summed E-state index contributed by atoms with van der Waals surface area (Å²) in [6.45, 7) is 0. The molecule has 6 nitrogen and oxygen atoms in total. The average Bonchev–Trinajstić information content (AvgIpc) is 3.34. The first-order valence-corrected chi connectivity index (χ1v) is 8.55. The summed E-state index contributed by atoms with van der Waals surface area (Å²) < 4.78 is 7.16. The molecule has 0 fully saturated rings. The topological polar surface area (TPSA) is 68.1 Å². The Morgan fingerprint density at radius 1 is 1.24 bits per heavy atom. The Kier molecular flexibility index (Phi) is 3.07. The fourth-order valence-electron chi connectivity index (χ4n) is 2.87. The van der Waals surface area contributed by atoms with Gasteiger partial charge in [-0.3, -0.25) is 4.98 Å². The summed E-state index contributed by atoms with van der Waals surface area (Å²) >= 11 is 1.56. The lowest BCUT2D eigenvalue weighted by molar-refractivity contribution is 0.415. The molecule has 25 heavy (non-hydrogen) atoms. The number of fused-ring (bicyclic) bond motifs is 2. The highest BCUT2D eigenvalue weighted by Crippen LogP contribution is 2.34. The lowest BCUT2D eigenvalue weighted by Crippen LogP contribution is -1.83. The molecule has 122 valence electrons. The van der Waals surface area contributed by atoms with Crippen LogP contribution < -0.4 is 4.74 Å². The summed E-state index contributed by atoms with van der Waals surface area (Å²) in [4.78, 5) is 13.0. The van der Waals surface area contributed by atoms with Crippen LogP contribution in [0.25, 0.3) is 37.7 Å². The zero-order valence-corrected chi connectivity index (χ0v) is 14.1. The Balaban J connectivity index is 1.61. The van der Waals surface area contributed by atoms with Gasteiger partial charge in [0.25, 0.3) is 0 Å². The van der Waals surface area contributed by atoms with Crippen LogP contribution in [0, 0.1) is 0 Å². The monoisotopic (exact) mass is 347 g/mol. The lowest BCUT2D eigenvalue weighted by atomic mass is 10.2. The molecular weight excluding hydrogens is 334 g/mol. The number of benzene rings is 1. The van der Waals surface area contributed by atoms with Crippen LogP contribution in [0.4, 0.5) is 0 Å². The fraction of sp³-hybridized carbons (Fsp3) is 0.0556. The number of nitrogens with zero attached hydrogens (tertiary/aromatic N) is 4. The van der Waals surface area contributed by atoms with Gasteiger partial charge in [-0.2, -0.15) is 5.10 Å². The molecule has 0 spiro atoms. The molecule has 4 heterocycles. The Bertz CT molecular complexity index is 1160. The van der Waals surface area contributed by atoms with Gasteiger partial charge in [0.2, 0.25) is 4.96 Å². The van der Waals surface area contributed by atoms with Gasteiger partial charge in [0.05, 0.1) is 19.0 Å². The maximum absolute atomic E-state index is 5.34. The fourth-order valence-corrected chi connectivity index (χ4v) is 3.78. The number of hydrogen-bond acceptors (Lipinski definition) is 5. The summed E-state index contributed by atoms with van der Waals surface area (Å²) in [6, 6.07) is 9.87. The van der Waals surface area contributed by atoms with Crippen molar-refractivity contribution in [3.63, 3.8) is 0 Å². The van der Waals surface area contributed by atoms with Crippen LogP contribution in [0.1, 0.15) is 0 Å². The molecule has 0 aliphatic heterocycles. The van der Waals surface area contributed by atoms with Crippen molar-refractivity contribution in [2.45, 2.75) is 0 Å². The molecule has 0 aliphatic carbocycles. The average molecular weight is 347 g/mol. The van der Waals surface area contributed by atoms with Gasteiger partial charge in [0, 0.05) is 40.6 Å². The summed E-state index contributed by atoms with van der Waals surface area (Å²) in [5, 5.41) is 6.70. The highest BCUT2D eigenvalue weighted by atomic mass is 32.1. The van der Waals surface area contributed by atoms with E-state index in [1.54, 1.807) is 30.8 Å². The molecule has 0 bridgehead atoms. The van der Waals surface area contributed by atoms with Gasteiger partial charge >= 0.3 is 0 Å². The number of ether oxygens (including phenoxy) is 1. The molecule has 0 saturated carbocycles. The molecular formula is C18H13N5OS. The van der Waals surface area contributed by atoms with Crippen LogP contribution in [0.3, 0.4) is 0 Å². The quantitative estimate of drug-likeness (QED) is 0.535. The van der Waals surface area contributed by atoms with Crippen molar-refractivity contribution in [3.8, 4) is 27.6 Å². The van der Waals surface area contributed by atoms with Gasteiger partial charge in [-0.1, -0.05) is 11.3 Å². The van der Waals surface area contributed by atoms with Crippen molar-refractivity contribution in [1.29, 1.82) is 0 Å². The van der Waals surface area contributed by atoms with Crippen molar-refractivity contribution in [2.75, 3.05) is 7.11 Å². The third-order valence-corrected chi connectivity index (χ3v) is 5.08. The molecule has 0 unspecified atom stereocenters. The first-order chi connectivity index (χ1) is 12.3. The van der Waals surface area contributed by atoms with Gasteiger partial charge in [-0.25, -0.2) is 9.50 Å². The van der Waals surface area contributed by atoms with E-state index in [0.717, 1.165) is 43.4 Å². The van der Waals surface area contributed by atoms with Crippen LogP contribution in [-0.2, 0) is 0 Å². The second-order valence-corrected chi connectivity index (χ2v) is 6.57. The van der Waals surface area contributed by atoms with E-state index in [4.69, 9.17) is 9.84 Å². The van der Waals surface area contributed by atoms with E-state index in [0.29, 0.717) is 0 Å². The third-order valence-electron chi connectivity index (χ3n) is 4.12. The minimum absolute atomic E-state index is 0.827. The Morgan fingerprint density at radius 3 is 3.00 bits per heavy atom. The highest BCUT2D eigenvalue weighted by Gasteiger charge is 2.14. The smallest absolute Gasteiger partial charge is 0.213 e. The van der Waals surface area contributed by atoms with Crippen LogP contribution in [0.15, 0.2) is 55.1 Å². The molecule has 0 radical (unpaired) electrons. The first kappa shape index (κ1) is 14.2. The number of nitrogens with one attached hydrogen (secondary N) is 1. The Labute approximate surface area is 146 Å². The lowest BCUT2D eigenvalue weighted by Gasteiger charge is -1.99. The molecule has 0 atom stereocenters. The van der Waals surface area contributed by atoms with E-state index in [1.165, 1.54) is 0 Å². The number of aromatic amines is 1. The molecule has 5 aromatic rings. The number of pyridine rings is 1. The second kappa shape index (κ2) is 5.42. The molecule has 4 aromatic heterocycles. The largest absolute Gasteiger partial charge is 0.497 e. The zero-order chi connectivity index (χ0) is 16.8. The maximum atomic E-state index is 5.34. The minimum Gasteiger partial charge on any atom is -0.497 e. The van der Waals surface area contributed by atoms with E-state index in [9.17, 15) is 0 Å². The number of aromatic nitrogens is 5. The molecule has 0 aliphatic rings. The summed E-state index contributed by atoms with van der Waals surface area (Å²) in [6.07, 6.45) is 7.47. The summed E-state index contributed by atoms with van der Waals surface area (Å²) in [7, 11) is 1.67. The predicted molar refractivity (Wildman–Crippen MR) is 97.9 cm³/mol. The van der Waals surface area contributed by atoms with Gasteiger partial charge in [-0.05, 0) is 30.3 Å².